The maximum atomic E-state index is 10.5. The minimum atomic E-state index is -1.12. The van der Waals surface area contributed by atoms with Crippen LogP contribution in [-0.4, -0.2) is 36.9 Å². The monoisotopic (exact) mass is 351 g/mol. The van der Waals surface area contributed by atoms with Crippen LogP contribution in [0.5, 0.6) is 0 Å². The van der Waals surface area contributed by atoms with Crippen molar-refractivity contribution in [3.8, 4) is 5.69 Å². The van der Waals surface area contributed by atoms with Crippen molar-refractivity contribution in [2.75, 3.05) is 0 Å². The van der Waals surface area contributed by atoms with Gasteiger partial charge in [0.05, 0.1) is 16.8 Å². The summed E-state index contributed by atoms with van der Waals surface area (Å²) in [6.07, 6.45) is 5.00. The van der Waals surface area contributed by atoms with Crippen molar-refractivity contribution in [2.24, 2.45) is 0 Å². The van der Waals surface area contributed by atoms with Gasteiger partial charge in [-0.25, -0.2) is 19.3 Å². The van der Waals surface area contributed by atoms with Crippen LogP contribution in [-0.2, 0) is 0 Å². The lowest BCUT2D eigenvalue weighted by Crippen LogP contribution is -2.02. The molecule has 0 spiro atoms. The Kier molecular flexibility index (Phi) is 6.00. The largest absolute Gasteiger partial charge is 0.478 e. The van der Waals surface area contributed by atoms with Crippen LogP contribution in [0.2, 0.25) is 0 Å². The van der Waals surface area contributed by atoms with Crippen molar-refractivity contribution in [1.82, 2.24) is 14.8 Å². The van der Waals surface area contributed by atoms with E-state index in [4.69, 9.17) is 10.2 Å². The van der Waals surface area contributed by atoms with Crippen molar-refractivity contribution >= 4 is 18.0 Å². The average molecular weight is 351 g/mol. The van der Waals surface area contributed by atoms with Crippen molar-refractivity contribution in [3.05, 3.63) is 84.0 Å². The van der Waals surface area contributed by atoms with Crippen LogP contribution in [0.25, 0.3) is 11.8 Å². The molecule has 7 nitrogen and oxygen atoms in total. The Hall–Kier alpha value is -3.74. The third-order valence-corrected chi connectivity index (χ3v) is 3.38. The van der Waals surface area contributed by atoms with E-state index in [0.29, 0.717) is 5.56 Å². The highest BCUT2D eigenvalue weighted by Gasteiger charge is 2.09. The molecular weight excluding hydrogens is 334 g/mol. The number of carboxylic acid groups (broad SMARTS) is 2. The number of benzene rings is 2. The zero-order chi connectivity index (χ0) is 19.1. The molecule has 0 atom stereocenters. The van der Waals surface area contributed by atoms with Gasteiger partial charge >= 0.3 is 11.9 Å². The van der Waals surface area contributed by atoms with Crippen molar-refractivity contribution in [3.63, 3.8) is 0 Å². The Labute approximate surface area is 149 Å². The van der Waals surface area contributed by atoms with Gasteiger partial charge in [-0.05, 0) is 48.4 Å². The fourth-order valence-corrected chi connectivity index (χ4v) is 2.13. The van der Waals surface area contributed by atoms with Crippen LogP contribution in [0, 0.1) is 6.92 Å². The Morgan fingerprint density at radius 2 is 1.62 bits per heavy atom. The van der Waals surface area contributed by atoms with E-state index < -0.39 is 11.9 Å². The fourth-order valence-electron chi connectivity index (χ4n) is 2.13. The molecule has 3 aromatic rings. The van der Waals surface area contributed by atoms with Crippen molar-refractivity contribution < 1.29 is 19.8 Å². The molecule has 26 heavy (non-hydrogen) atoms. The first-order valence-corrected chi connectivity index (χ1v) is 7.56. The number of aryl methyl sites for hydroxylation is 1. The number of aromatic carboxylic acids is 2. The molecule has 0 saturated heterocycles. The molecule has 0 amide bonds. The highest BCUT2D eigenvalue weighted by molar-refractivity contribution is 5.94. The Bertz CT molecular complexity index is 884. The molecule has 1 heterocycles. The maximum Gasteiger partial charge on any atom is 0.335 e. The molecule has 0 aliphatic rings. The maximum absolute atomic E-state index is 10.5. The van der Waals surface area contributed by atoms with E-state index in [1.807, 2.05) is 30.3 Å². The van der Waals surface area contributed by atoms with Gasteiger partial charge in [0.2, 0.25) is 0 Å². The molecule has 0 fully saturated rings. The normalized spacial score (nSPS) is 9.73. The summed E-state index contributed by atoms with van der Waals surface area (Å²) in [5, 5.41) is 21.3. The lowest BCUT2D eigenvalue weighted by Gasteiger charge is -1.99. The summed E-state index contributed by atoms with van der Waals surface area (Å²) in [7, 11) is 0. The second kappa shape index (κ2) is 8.39. The summed E-state index contributed by atoms with van der Waals surface area (Å²) in [4.78, 5) is 24.9. The van der Waals surface area contributed by atoms with Crippen LogP contribution >= 0.6 is 0 Å². The quantitative estimate of drug-likeness (QED) is 0.747. The zero-order valence-electron chi connectivity index (χ0n) is 14.0. The van der Waals surface area contributed by atoms with Crippen LogP contribution in [0.4, 0.5) is 0 Å². The Morgan fingerprint density at radius 1 is 1.04 bits per heavy atom. The van der Waals surface area contributed by atoms with Gasteiger partial charge < -0.3 is 10.2 Å². The average Bonchev–Trinajstić information content (AvgIpc) is 3.16. The van der Waals surface area contributed by atoms with E-state index in [1.165, 1.54) is 18.5 Å². The third kappa shape index (κ3) is 4.88. The predicted molar refractivity (Wildman–Crippen MR) is 96.5 cm³/mol. The van der Waals surface area contributed by atoms with Crippen LogP contribution in [0.3, 0.4) is 0 Å². The number of nitrogens with zero attached hydrogens (tertiary/aromatic N) is 3. The molecule has 1 aromatic heterocycles. The minimum absolute atomic E-state index is 0.00241. The first kappa shape index (κ1) is 18.6. The van der Waals surface area contributed by atoms with E-state index in [0.717, 1.165) is 17.3 Å². The SMILES string of the molecule is C=Cc1ccc(-n2cncn2)cc1.Cc1cc(C(=O)O)cc(C(=O)O)c1. The molecule has 0 aliphatic carbocycles. The van der Waals surface area contributed by atoms with E-state index in [-0.39, 0.29) is 11.1 Å². The molecule has 2 aromatic carbocycles. The smallest absolute Gasteiger partial charge is 0.335 e. The molecular formula is C19H17N3O4. The molecule has 132 valence electrons. The topological polar surface area (TPSA) is 105 Å². The molecule has 0 saturated carbocycles. The highest BCUT2D eigenvalue weighted by Crippen LogP contribution is 2.10. The minimum Gasteiger partial charge on any atom is -0.478 e. The molecule has 0 aliphatic heterocycles. The first-order valence-electron chi connectivity index (χ1n) is 7.56. The van der Waals surface area contributed by atoms with Crippen LogP contribution in [0.1, 0.15) is 31.8 Å². The van der Waals surface area contributed by atoms with E-state index in [1.54, 1.807) is 17.9 Å². The van der Waals surface area contributed by atoms with Crippen LogP contribution in [0.15, 0.2) is 61.7 Å². The molecule has 7 heteroatoms. The lowest BCUT2D eigenvalue weighted by molar-refractivity contribution is 0.0696. The van der Waals surface area contributed by atoms with Gasteiger partial charge in [0.25, 0.3) is 0 Å². The summed E-state index contributed by atoms with van der Waals surface area (Å²) in [5.74, 6) is -2.24. The second-order valence-corrected chi connectivity index (χ2v) is 5.33. The number of carbonyl (C=O) groups is 2. The number of aromatic nitrogens is 3. The van der Waals surface area contributed by atoms with Gasteiger partial charge in [-0.2, -0.15) is 5.10 Å². The summed E-state index contributed by atoms with van der Waals surface area (Å²) in [6, 6.07) is 11.9. The summed E-state index contributed by atoms with van der Waals surface area (Å²) in [5.41, 5.74) is 2.72. The molecule has 2 N–H and O–H groups in total. The van der Waals surface area contributed by atoms with E-state index >= 15 is 0 Å². The zero-order valence-corrected chi connectivity index (χ0v) is 14.0. The second-order valence-electron chi connectivity index (χ2n) is 5.33. The lowest BCUT2D eigenvalue weighted by atomic mass is 10.1. The van der Waals surface area contributed by atoms with Crippen molar-refractivity contribution in [2.45, 2.75) is 6.92 Å². The van der Waals surface area contributed by atoms with E-state index in [2.05, 4.69) is 16.7 Å². The number of hydrogen-bond donors (Lipinski definition) is 2. The Morgan fingerprint density at radius 3 is 2.04 bits per heavy atom. The molecule has 0 bridgehead atoms. The van der Waals surface area contributed by atoms with Gasteiger partial charge in [0.1, 0.15) is 12.7 Å². The number of rotatable bonds is 4. The van der Waals surface area contributed by atoms with Gasteiger partial charge in [0.15, 0.2) is 0 Å². The summed E-state index contributed by atoms with van der Waals surface area (Å²) < 4.78 is 1.72. The van der Waals surface area contributed by atoms with Gasteiger partial charge in [-0.15, -0.1) is 0 Å². The number of carboxylic acids is 2. The summed E-state index contributed by atoms with van der Waals surface area (Å²) in [6.45, 7) is 5.34. The predicted octanol–water partition coefficient (Wildman–Crippen LogP) is 3.30. The van der Waals surface area contributed by atoms with E-state index in [9.17, 15) is 9.59 Å². The molecule has 0 radical (unpaired) electrons. The summed E-state index contributed by atoms with van der Waals surface area (Å²) >= 11 is 0. The first-order chi connectivity index (χ1) is 12.4. The Balaban J connectivity index is 0.000000187. The third-order valence-electron chi connectivity index (χ3n) is 3.38. The fraction of sp³-hybridized carbons (Fsp3) is 0.0526. The van der Waals surface area contributed by atoms with Crippen molar-refractivity contribution in [1.29, 1.82) is 0 Å². The molecule has 0 unspecified atom stereocenters. The van der Waals surface area contributed by atoms with Gasteiger partial charge in [-0.1, -0.05) is 24.8 Å². The van der Waals surface area contributed by atoms with Gasteiger partial charge in [-0.3, -0.25) is 0 Å². The van der Waals surface area contributed by atoms with Crippen LogP contribution < -0.4 is 0 Å². The standard InChI is InChI=1S/C10H9N3.C9H8O4/c1-2-9-3-5-10(6-4-9)13-8-11-7-12-13;1-5-2-6(8(10)11)4-7(3-5)9(12)13/h2-8H,1H2;2-4H,1H3,(H,10,11)(H,12,13). The highest BCUT2D eigenvalue weighted by atomic mass is 16.4. The molecule has 3 rings (SSSR count). The van der Waals surface area contributed by atoms with Gasteiger partial charge in [0, 0.05) is 0 Å². The number of hydrogen-bond acceptors (Lipinski definition) is 4.